The lowest BCUT2D eigenvalue weighted by molar-refractivity contribution is -0.146. The molecule has 0 aromatic heterocycles. The smallest absolute Gasteiger partial charge is 0.338 e. The zero-order valence-corrected chi connectivity index (χ0v) is 25.6. The van der Waals surface area contributed by atoms with Crippen LogP contribution in [0.4, 0.5) is 0 Å². The van der Waals surface area contributed by atoms with Gasteiger partial charge in [0.15, 0.2) is 0 Å². The SMILES string of the molecule is C=C(CO)C(=O)OCOc1cc(OCOC(=O)C(=C)CO)cc(-c2ccc(C3CCC(CCCCC)CC3)cc2CC)c1. The number of ether oxygens (including phenoxy) is 4. The topological polar surface area (TPSA) is 112 Å². The highest BCUT2D eigenvalue weighted by molar-refractivity contribution is 5.88. The van der Waals surface area contributed by atoms with Crippen LogP contribution in [0.1, 0.15) is 82.3 Å². The number of aliphatic hydroxyl groups excluding tert-OH is 2. The molecule has 0 unspecified atom stereocenters. The van der Waals surface area contributed by atoms with E-state index in [0.29, 0.717) is 17.4 Å². The van der Waals surface area contributed by atoms with Crippen LogP contribution in [0.25, 0.3) is 11.1 Å². The maximum Gasteiger partial charge on any atom is 0.338 e. The van der Waals surface area contributed by atoms with Gasteiger partial charge in [0.05, 0.1) is 24.4 Å². The first-order valence-electron chi connectivity index (χ1n) is 15.2. The van der Waals surface area contributed by atoms with Gasteiger partial charge in [0.2, 0.25) is 13.6 Å². The van der Waals surface area contributed by atoms with E-state index in [9.17, 15) is 9.59 Å². The summed E-state index contributed by atoms with van der Waals surface area (Å²) in [5.41, 5.74) is 4.26. The lowest BCUT2D eigenvalue weighted by Crippen LogP contribution is -2.14. The first-order chi connectivity index (χ1) is 20.8. The summed E-state index contributed by atoms with van der Waals surface area (Å²) >= 11 is 0. The molecule has 0 saturated heterocycles. The van der Waals surface area contributed by atoms with Gasteiger partial charge in [0.25, 0.3) is 0 Å². The molecule has 0 atom stereocenters. The van der Waals surface area contributed by atoms with Gasteiger partial charge in [0, 0.05) is 6.07 Å². The maximum absolute atomic E-state index is 11.9. The van der Waals surface area contributed by atoms with Crippen molar-refractivity contribution in [3.8, 4) is 22.6 Å². The number of carbonyl (C=O) groups is 2. The maximum atomic E-state index is 11.9. The predicted octanol–water partition coefficient (Wildman–Crippen LogP) is 6.63. The minimum Gasteiger partial charge on any atom is -0.457 e. The normalized spacial score (nSPS) is 16.3. The van der Waals surface area contributed by atoms with Crippen LogP contribution >= 0.6 is 0 Å². The van der Waals surface area contributed by atoms with Gasteiger partial charge in [-0.3, -0.25) is 0 Å². The van der Waals surface area contributed by atoms with E-state index in [1.54, 1.807) is 6.07 Å². The van der Waals surface area contributed by atoms with Crippen LogP contribution in [0.2, 0.25) is 0 Å². The summed E-state index contributed by atoms with van der Waals surface area (Å²) in [6.07, 6.45) is 11.2. The third-order valence-corrected chi connectivity index (χ3v) is 8.03. The van der Waals surface area contributed by atoms with Gasteiger partial charge in [-0.2, -0.15) is 0 Å². The Labute approximate surface area is 255 Å². The van der Waals surface area contributed by atoms with Crippen LogP contribution in [-0.2, 0) is 25.5 Å². The quantitative estimate of drug-likeness (QED) is 0.0909. The van der Waals surface area contributed by atoms with E-state index in [1.165, 1.54) is 62.5 Å². The van der Waals surface area contributed by atoms with E-state index in [2.05, 4.69) is 45.2 Å². The first kappa shape index (κ1) is 33.9. The van der Waals surface area contributed by atoms with Gasteiger partial charge in [0.1, 0.15) is 11.5 Å². The molecule has 2 N–H and O–H groups in total. The number of benzene rings is 2. The summed E-state index contributed by atoms with van der Waals surface area (Å²) in [5, 5.41) is 18.2. The largest absolute Gasteiger partial charge is 0.457 e. The van der Waals surface area contributed by atoms with Gasteiger partial charge < -0.3 is 29.2 Å². The van der Waals surface area contributed by atoms with E-state index in [1.807, 2.05) is 12.1 Å². The van der Waals surface area contributed by atoms with Crippen LogP contribution in [0.3, 0.4) is 0 Å². The van der Waals surface area contributed by atoms with Crippen LogP contribution in [0.5, 0.6) is 11.5 Å². The molecule has 8 nitrogen and oxygen atoms in total. The van der Waals surface area contributed by atoms with Crippen LogP contribution in [0, 0.1) is 5.92 Å². The first-order valence-corrected chi connectivity index (χ1v) is 15.2. The Morgan fingerprint density at radius 1 is 0.814 bits per heavy atom. The molecule has 0 bridgehead atoms. The zero-order valence-electron chi connectivity index (χ0n) is 25.6. The van der Waals surface area contributed by atoms with Crippen molar-refractivity contribution in [2.75, 3.05) is 26.8 Å². The molecule has 1 aliphatic rings. The lowest BCUT2D eigenvalue weighted by Gasteiger charge is -2.29. The van der Waals surface area contributed by atoms with Gasteiger partial charge in [-0.05, 0) is 78.3 Å². The number of rotatable bonds is 17. The minimum absolute atomic E-state index is 0.0784. The Hall–Kier alpha value is -3.62. The highest BCUT2D eigenvalue weighted by Gasteiger charge is 2.23. The van der Waals surface area contributed by atoms with Crippen molar-refractivity contribution in [2.24, 2.45) is 5.92 Å². The molecule has 234 valence electrons. The molecule has 2 aromatic rings. The molecule has 0 amide bonds. The number of aliphatic hydroxyl groups is 2. The third kappa shape index (κ3) is 10.3. The van der Waals surface area contributed by atoms with Crippen molar-refractivity contribution in [3.05, 3.63) is 71.8 Å². The van der Waals surface area contributed by atoms with E-state index in [0.717, 1.165) is 23.5 Å². The Morgan fingerprint density at radius 2 is 1.40 bits per heavy atom. The molecule has 0 heterocycles. The summed E-state index contributed by atoms with van der Waals surface area (Å²) in [5.74, 6) is 0.648. The van der Waals surface area contributed by atoms with E-state index in [4.69, 9.17) is 29.2 Å². The van der Waals surface area contributed by atoms with Crippen LogP contribution in [-0.4, -0.2) is 49.0 Å². The van der Waals surface area contributed by atoms with Crippen LogP contribution < -0.4 is 9.47 Å². The molecule has 0 aliphatic heterocycles. The van der Waals surface area contributed by atoms with Crippen molar-refractivity contribution in [2.45, 2.75) is 77.6 Å². The van der Waals surface area contributed by atoms with E-state index < -0.39 is 38.7 Å². The van der Waals surface area contributed by atoms with Gasteiger partial charge >= 0.3 is 11.9 Å². The molecular formula is C35H46O8. The Balaban J connectivity index is 1.78. The van der Waals surface area contributed by atoms with Crippen LogP contribution in [0.15, 0.2) is 60.7 Å². The Bertz CT molecular complexity index is 1190. The molecule has 0 spiro atoms. The molecule has 0 radical (unpaired) electrons. The summed E-state index contributed by atoms with van der Waals surface area (Å²) < 4.78 is 21.5. The van der Waals surface area contributed by atoms with E-state index >= 15 is 0 Å². The van der Waals surface area contributed by atoms with Gasteiger partial charge in [-0.15, -0.1) is 0 Å². The second-order valence-electron chi connectivity index (χ2n) is 11.1. The fraction of sp³-hybridized carbons (Fsp3) is 0.486. The van der Waals surface area contributed by atoms with E-state index in [-0.39, 0.29) is 11.1 Å². The second-order valence-corrected chi connectivity index (χ2v) is 11.1. The average molecular weight is 595 g/mol. The zero-order chi connectivity index (χ0) is 31.2. The molecule has 1 fully saturated rings. The number of hydrogen-bond acceptors (Lipinski definition) is 8. The average Bonchev–Trinajstić information content (AvgIpc) is 3.03. The lowest BCUT2D eigenvalue weighted by atomic mass is 9.76. The van der Waals surface area contributed by atoms with Gasteiger partial charge in [-0.1, -0.05) is 70.9 Å². The Kier molecular flexibility index (Phi) is 13.8. The predicted molar refractivity (Wildman–Crippen MR) is 166 cm³/mol. The fourth-order valence-electron chi connectivity index (χ4n) is 5.44. The van der Waals surface area contributed by atoms with Crippen molar-refractivity contribution in [3.63, 3.8) is 0 Å². The van der Waals surface area contributed by atoms with Gasteiger partial charge in [-0.25, -0.2) is 9.59 Å². The fourth-order valence-corrected chi connectivity index (χ4v) is 5.44. The summed E-state index contributed by atoms with van der Waals surface area (Å²) in [6.45, 7) is 9.47. The number of aryl methyl sites for hydroxylation is 1. The molecule has 2 aromatic carbocycles. The number of esters is 2. The van der Waals surface area contributed by atoms with Crippen molar-refractivity contribution >= 4 is 11.9 Å². The van der Waals surface area contributed by atoms with Crippen molar-refractivity contribution < 1.29 is 38.7 Å². The number of hydrogen-bond donors (Lipinski definition) is 2. The minimum atomic E-state index is -0.759. The number of carbonyl (C=O) groups excluding carboxylic acids is 2. The second kappa shape index (κ2) is 17.5. The third-order valence-electron chi connectivity index (χ3n) is 8.03. The summed E-state index contributed by atoms with van der Waals surface area (Å²) in [7, 11) is 0. The highest BCUT2D eigenvalue weighted by Crippen LogP contribution is 2.40. The standard InChI is InChI=1S/C35H46O8/c1-5-7-8-9-26-10-12-28(13-11-26)29-14-15-33(27(6-2)16-29)30-17-31(40-22-42-34(38)24(3)20-36)19-32(18-30)41-23-43-35(39)25(4)21-37/h14-19,26,28,36-37H,3-13,20-23H2,1-2H3. The Morgan fingerprint density at radius 3 is 1.91 bits per heavy atom. The summed E-state index contributed by atoms with van der Waals surface area (Å²) in [4.78, 5) is 23.7. The summed E-state index contributed by atoms with van der Waals surface area (Å²) in [6, 6.07) is 11.9. The molecule has 1 saturated carbocycles. The molecule has 8 heteroatoms. The molecule has 1 aliphatic carbocycles. The van der Waals surface area contributed by atoms with Crippen molar-refractivity contribution in [1.29, 1.82) is 0 Å². The molecular weight excluding hydrogens is 548 g/mol. The number of unbranched alkanes of at least 4 members (excludes halogenated alkanes) is 2. The monoisotopic (exact) mass is 594 g/mol. The highest BCUT2D eigenvalue weighted by atomic mass is 16.7. The molecule has 43 heavy (non-hydrogen) atoms. The molecule has 3 rings (SSSR count). The van der Waals surface area contributed by atoms with Crippen molar-refractivity contribution in [1.82, 2.24) is 0 Å².